The summed E-state index contributed by atoms with van der Waals surface area (Å²) < 4.78 is 37.3. The molecule has 1 rings (SSSR count). The first-order chi connectivity index (χ1) is 8.04. The lowest BCUT2D eigenvalue weighted by atomic mass is 10.1. The number of nitrogens with one attached hydrogen (secondary N) is 1. The quantitative estimate of drug-likeness (QED) is 0.788. The van der Waals surface area contributed by atoms with Crippen molar-refractivity contribution in [1.29, 1.82) is 0 Å². The number of halogens is 3. The Kier molecular flexibility index (Phi) is 5.85. The molecule has 0 radical (unpaired) electrons. The van der Waals surface area contributed by atoms with Crippen LogP contribution in [0.15, 0.2) is 24.3 Å². The molecule has 1 N–H and O–H groups in total. The third kappa shape index (κ3) is 5.46. The summed E-state index contributed by atoms with van der Waals surface area (Å²) in [7, 11) is 0. The van der Waals surface area contributed by atoms with E-state index in [0.29, 0.717) is 12.1 Å². The third-order valence-corrected chi connectivity index (χ3v) is 3.11. The lowest BCUT2D eigenvalue weighted by molar-refractivity contribution is -0.137. The average Bonchev–Trinajstić information content (AvgIpc) is 2.28. The molecule has 0 heterocycles. The van der Waals surface area contributed by atoms with Crippen molar-refractivity contribution in [3.05, 3.63) is 35.4 Å². The second-order valence-electron chi connectivity index (χ2n) is 3.57. The van der Waals surface area contributed by atoms with Crippen molar-refractivity contribution in [2.45, 2.75) is 19.6 Å². The Morgan fingerprint density at radius 2 is 2.06 bits per heavy atom. The number of hydrogen-bond acceptors (Lipinski definition) is 2. The molecule has 17 heavy (non-hydrogen) atoms. The van der Waals surface area contributed by atoms with Crippen molar-refractivity contribution >= 4 is 11.8 Å². The van der Waals surface area contributed by atoms with Crippen LogP contribution >= 0.6 is 11.8 Å². The van der Waals surface area contributed by atoms with Gasteiger partial charge in [-0.1, -0.05) is 25.1 Å². The van der Waals surface area contributed by atoms with Gasteiger partial charge in [-0.15, -0.1) is 0 Å². The number of rotatable bonds is 6. The molecular weight excluding hydrogens is 247 g/mol. The van der Waals surface area contributed by atoms with Crippen LogP contribution in [0.4, 0.5) is 13.2 Å². The number of alkyl halides is 3. The highest BCUT2D eigenvalue weighted by molar-refractivity contribution is 7.99. The standard InChI is InChI=1S/C12H16F3NS/c1-2-17-7-6-16-9-10-4-3-5-11(8-10)12(13,14)15/h3-5,8,16H,2,6-7,9H2,1H3. The van der Waals surface area contributed by atoms with E-state index in [1.165, 1.54) is 12.1 Å². The highest BCUT2D eigenvalue weighted by atomic mass is 32.2. The molecule has 0 amide bonds. The molecule has 0 aromatic heterocycles. The largest absolute Gasteiger partial charge is 0.416 e. The average molecular weight is 263 g/mol. The van der Waals surface area contributed by atoms with E-state index in [-0.39, 0.29) is 0 Å². The molecule has 0 spiro atoms. The van der Waals surface area contributed by atoms with E-state index in [9.17, 15) is 13.2 Å². The van der Waals surface area contributed by atoms with Gasteiger partial charge in [-0.3, -0.25) is 0 Å². The van der Waals surface area contributed by atoms with Gasteiger partial charge in [-0.25, -0.2) is 0 Å². The van der Waals surface area contributed by atoms with E-state index >= 15 is 0 Å². The molecule has 0 fully saturated rings. The van der Waals surface area contributed by atoms with Gasteiger partial charge in [0.2, 0.25) is 0 Å². The van der Waals surface area contributed by atoms with Crippen LogP contribution in [0.25, 0.3) is 0 Å². The number of thioether (sulfide) groups is 1. The molecule has 0 aliphatic heterocycles. The van der Waals surface area contributed by atoms with Gasteiger partial charge in [-0.2, -0.15) is 24.9 Å². The molecule has 5 heteroatoms. The summed E-state index contributed by atoms with van der Waals surface area (Å²) in [6.45, 7) is 3.38. The Morgan fingerprint density at radius 1 is 1.29 bits per heavy atom. The van der Waals surface area contributed by atoms with Gasteiger partial charge in [-0.05, 0) is 17.4 Å². The molecule has 0 aliphatic carbocycles. The molecule has 1 nitrogen and oxygen atoms in total. The zero-order chi connectivity index (χ0) is 12.7. The van der Waals surface area contributed by atoms with Gasteiger partial charge in [0.15, 0.2) is 0 Å². The molecular formula is C12H16F3NS. The summed E-state index contributed by atoms with van der Waals surface area (Å²) >= 11 is 1.81. The Balaban J connectivity index is 2.44. The highest BCUT2D eigenvalue weighted by Gasteiger charge is 2.30. The summed E-state index contributed by atoms with van der Waals surface area (Å²) in [4.78, 5) is 0. The fourth-order valence-electron chi connectivity index (χ4n) is 1.38. The van der Waals surface area contributed by atoms with Gasteiger partial charge in [0, 0.05) is 18.8 Å². The minimum absolute atomic E-state index is 0.480. The van der Waals surface area contributed by atoms with Crippen molar-refractivity contribution in [2.75, 3.05) is 18.1 Å². The molecule has 1 aromatic rings. The summed E-state index contributed by atoms with van der Waals surface area (Å²) in [5.41, 5.74) is 0.0843. The molecule has 0 saturated heterocycles. The maximum Gasteiger partial charge on any atom is 0.416 e. The van der Waals surface area contributed by atoms with Crippen LogP contribution in [0.2, 0.25) is 0 Å². The topological polar surface area (TPSA) is 12.0 Å². The fraction of sp³-hybridized carbons (Fsp3) is 0.500. The normalized spacial score (nSPS) is 11.8. The first kappa shape index (κ1) is 14.4. The summed E-state index contributed by atoms with van der Waals surface area (Å²) in [5, 5.41) is 3.13. The van der Waals surface area contributed by atoms with E-state index < -0.39 is 11.7 Å². The molecule has 0 unspecified atom stereocenters. The van der Waals surface area contributed by atoms with E-state index in [1.54, 1.807) is 6.07 Å². The summed E-state index contributed by atoms with van der Waals surface area (Å²) in [6, 6.07) is 5.44. The lowest BCUT2D eigenvalue weighted by Crippen LogP contribution is -2.17. The predicted octanol–water partition coefficient (Wildman–Crippen LogP) is 3.55. The van der Waals surface area contributed by atoms with Crippen molar-refractivity contribution in [1.82, 2.24) is 5.32 Å². The van der Waals surface area contributed by atoms with Crippen LogP contribution in [0, 0.1) is 0 Å². The van der Waals surface area contributed by atoms with Crippen LogP contribution < -0.4 is 5.32 Å². The minimum atomic E-state index is -4.26. The van der Waals surface area contributed by atoms with Gasteiger partial charge < -0.3 is 5.32 Å². The molecule has 96 valence electrons. The van der Waals surface area contributed by atoms with Gasteiger partial charge in [0.1, 0.15) is 0 Å². The number of benzene rings is 1. The monoisotopic (exact) mass is 263 g/mol. The van der Waals surface area contributed by atoms with E-state index in [0.717, 1.165) is 24.1 Å². The lowest BCUT2D eigenvalue weighted by Gasteiger charge is -2.09. The molecule has 0 atom stereocenters. The van der Waals surface area contributed by atoms with E-state index in [1.807, 2.05) is 11.8 Å². The molecule has 0 saturated carbocycles. The van der Waals surface area contributed by atoms with Gasteiger partial charge in [0.25, 0.3) is 0 Å². The zero-order valence-electron chi connectivity index (χ0n) is 9.68. The first-order valence-electron chi connectivity index (χ1n) is 5.48. The van der Waals surface area contributed by atoms with Crippen LogP contribution in [0.5, 0.6) is 0 Å². The predicted molar refractivity (Wildman–Crippen MR) is 66.1 cm³/mol. The Labute approximate surface area is 104 Å². The minimum Gasteiger partial charge on any atom is -0.312 e. The Bertz CT molecular complexity index is 339. The van der Waals surface area contributed by atoms with Crippen LogP contribution in [0.3, 0.4) is 0 Å². The van der Waals surface area contributed by atoms with Crippen molar-refractivity contribution in [3.63, 3.8) is 0 Å². The third-order valence-electron chi connectivity index (χ3n) is 2.21. The molecule has 1 aromatic carbocycles. The highest BCUT2D eigenvalue weighted by Crippen LogP contribution is 2.29. The van der Waals surface area contributed by atoms with Crippen molar-refractivity contribution in [2.24, 2.45) is 0 Å². The molecule has 0 aliphatic rings. The summed E-state index contributed by atoms with van der Waals surface area (Å²) in [6.07, 6.45) is -4.26. The van der Waals surface area contributed by atoms with E-state index in [2.05, 4.69) is 12.2 Å². The molecule has 0 bridgehead atoms. The van der Waals surface area contributed by atoms with Crippen LogP contribution in [-0.4, -0.2) is 18.1 Å². The SMILES string of the molecule is CCSCCNCc1cccc(C(F)(F)F)c1. The maximum atomic E-state index is 12.4. The van der Waals surface area contributed by atoms with Crippen molar-refractivity contribution < 1.29 is 13.2 Å². The van der Waals surface area contributed by atoms with Gasteiger partial charge in [0.05, 0.1) is 5.56 Å². The second kappa shape index (κ2) is 6.91. The second-order valence-corrected chi connectivity index (χ2v) is 4.97. The van der Waals surface area contributed by atoms with Crippen molar-refractivity contribution in [3.8, 4) is 0 Å². The van der Waals surface area contributed by atoms with Gasteiger partial charge >= 0.3 is 6.18 Å². The Morgan fingerprint density at radius 3 is 2.71 bits per heavy atom. The zero-order valence-corrected chi connectivity index (χ0v) is 10.5. The van der Waals surface area contributed by atoms with Crippen LogP contribution in [-0.2, 0) is 12.7 Å². The van der Waals surface area contributed by atoms with E-state index in [4.69, 9.17) is 0 Å². The fourth-order valence-corrected chi connectivity index (χ4v) is 1.96. The first-order valence-corrected chi connectivity index (χ1v) is 6.64. The number of hydrogen-bond donors (Lipinski definition) is 1. The Hall–Kier alpha value is -0.680. The van der Waals surface area contributed by atoms with Crippen LogP contribution in [0.1, 0.15) is 18.1 Å². The summed E-state index contributed by atoms with van der Waals surface area (Å²) in [5.74, 6) is 2.04. The smallest absolute Gasteiger partial charge is 0.312 e. The maximum absolute atomic E-state index is 12.4.